The molecule has 1 saturated heterocycles. The standard InChI is InChI=1S/C24H19ClN2O4/c1-14-5-8-17(12-19(14)25)27-21(16-4-3-11-26-13-16)20(23(29)24(27)30)22(28)15-6-9-18(31-2)10-7-15/h3-13,21,28H,1-2H3/b22-20+. The van der Waals surface area contributed by atoms with Crippen molar-refractivity contribution in [1.29, 1.82) is 0 Å². The minimum absolute atomic E-state index is 0.0140. The predicted octanol–water partition coefficient (Wildman–Crippen LogP) is 4.68. The van der Waals surface area contributed by atoms with E-state index in [2.05, 4.69) is 4.98 Å². The normalized spacial score (nSPS) is 17.8. The average Bonchev–Trinajstić information content (AvgIpc) is 3.06. The number of Topliss-reactive ketones (excluding diaryl/α,β-unsaturated/α-hetero) is 1. The van der Waals surface area contributed by atoms with E-state index in [0.29, 0.717) is 27.6 Å². The van der Waals surface area contributed by atoms with E-state index in [1.54, 1.807) is 67.0 Å². The molecule has 0 radical (unpaired) electrons. The molecule has 1 amide bonds. The van der Waals surface area contributed by atoms with Crippen LogP contribution in [0.15, 0.2) is 72.6 Å². The Hall–Kier alpha value is -3.64. The Morgan fingerprint density at radius 1 is 1.13 bits per heavy atom. The average molecular weight is 435 g/mol. The van der Waals surface area contributed by atoms with Gasteiger partial charge >= 0.3 is 0 Å². The van der Waals surface area contributed by atoms with Crippen LogP contribution in [0.1, 0.15) is 22.7 Å². The summed E-state index contributed by atoms with van der Waals surface area (Å²) < 4.78 is 5.15. The van der Waals surface area contributed by atoms with Crippen LogP contribution in [0.3, 0.4) is 0 Å². The molecule has 4 rings (SSSR count). The second kappa shape index (κ2) is 8.24. The summed E-state index contributed by atoms with van der Waals surface area (Å²) in [7, 11) is 1.54. The third-order valence-corrected chi connectivity index (χ3v) is 5.65. The summed E-state index contributed by atoms with van der Waals surface area (Å²) in [5.74, 6) is -1.19. The number of methoxy groups -OCH3 is 1. The molecule has 1 aliphatic heterocycles. The Bertz CT molecular complexity index is 1190. The highest BCUT2D eigenvalue weighted by Gasteiger charge is 2.47. The van der Waals surface area contributed by atoms with Gasteiger partial charge in [-0.05, 0) is 60.5 Å². The fourth-order valence-electron chi connectivity index (χ4n) is 3.59. The number of ether oxygens (including phenoxy) is 1. The predicted molar refractivity (Wildman–Crippen MR) is 118 cm³/mol. The van der Waals surface area contributed by atoms with Crippen molar-refractivity contribution in [2.24, 2.45) is 0 Å². The van der Waals surface area contributed by atoms with E-state index in [1.807, 2.05) is 6.92 Å². The van der Waals surface area contributed by atoms with E-state index in [-0.39, 0.29) is 11.3 Å². The van der Waals surface area contributed by atoms with Crippen LogP contribution in [0.4, 0.5) is 5.69 Å². The lowest BCUT2D eigenvalue weighted by Crippen LogP contribution is -2.29. The van der Waals surface area contributed by atoms with Crippen LogP contribution in [0.2, 0.25) is 5.02 Å². The molecule has 7 heteroatoms. The Morgan fingerprint density at radius 3 is 2.48 bits per heavy atom. The summed E-state index contributed by atoms with van der Waals surface area (Å²) >= 11 is 6.28. The second-order valence-electron chi connectivity index (χ2n) is 7.12. The van der Waals surface area contributed by atoms with Crippen molar-refractivity contribution in [3.63, 3.8) is 0 Å². The van der Waals surface area contributed by atoms with E-state index >= 15 is 0 Å². The van der Waals surface area contributed by atoms with Gasteiger partial charge in [-0.1, -0.05) is 23.7 Å². The van der Waals surface area contributed by atoms with Crippen LogP contribution >= 0.6 is 11.6 Å². The van der Waals surface area contributed by atoms with Gasteiger partial charge in [-0.2, -0.15) is 0 Å². The summed E-state index contributed by atoms with van der Waals surface area (Å²) in [5.41, 5.74) is 2.28. The Kier molecular flexibility index (Phi) is 5.48. The lowest BCUT2D eigenvalue weighted by atomic mass is 9.96. The largest absolute Gasteiger partial charge is 0.507 e. The van der Waals surface area contributed by atoms with E-state index in [1.165, 1.54) is 12.0 Å². The van der Waals surface area contributed by atoms with Gasteiger partial charge in [0.1, 0.15) is 11.5 Å². The number of aliphatic hydroxyl groups is 1. The third-order valence-electron chi connectivity index (χ3n) is 5.24. The van der Waals surface area contributed by atoms with Crippen molar-refractivity contribution in [3.05, 3.63) is 94.3 Å². The molecule has 2 aromatic carbocycles. The number of aryl methyl sites for hydroxylation is 1. The quantitative estimate of drug-likeness (QED) is 0.366. The van der Waals surface area contributed by atoms with Gasteiger partial charge in [-0.15, -0.1) is 0 Å². The molecule has 31 heavy (non-hydrogen) atoms. The van der Waals surface area contributed by atoms with Crippen LogP contribution in [0, 0.1) is 6.92 Å². The molecule has 0 bridgehead atoms. The Balaban J connectivity index is 1.92. The van der Waals surface area contributed by atoms with E-state index in [4.69, 9.17) is 16.3 Å². The number of carbonyl (C=O) groups is 2. The lowest BCUT2D eigenvalue weighted by molar-refractivity contribution is -0.132. The monoisotopic (exact) mass is 434 g/mol. The highest BCUT2D eigenvalue weighted by molar-refractivity contribution is 6.51. The number of hydrogen-bond acceptors (Lipinski definition) is 5. The van der Waals surface area contributed by atoms with Gasteiger partial charge in [0, 0.05) is 28.7 Å². The van der Waals surface area contributed by atoms with Gasteiger partial charge in [0.05, 0.1) is 18.7 Å². The van der Waals surface area contributed by atoms with Crippen LogP contribution < -0.4 is 9.64 Å². The molecule has 0 saturated carbocycles. The number of carbonyl (C=O) groups excluding carboxylic acids is 2. The molecular weight excluding hydrogens is 416 g/mol. The molecule has 0 aliphatic carbocycles. The first kappa shape index (κ1) is 20.6. The van der Waals surface area contributed by atoms with Crippen molar-refractivity contribution in [1.82, 2.24) is 4.98 Å². The van der Waals surface area contributed by atoms with Crippen molar-refractivity contribution in [2.75, 3.05) is 12.0 Å². The van der Waals surface area contributed by atoms with Crippen molar-refractivity contribution >= 4 is 34.7 Å². The summed E-state index contributed by atoms with van der Waals surface area (Å²) in [6, 6.07) is 14.4. The lowest BCUT2D eigenvalue weighted by Gasteiger charge is -2.25. The zero-order valence-corrected chi connectivity index (χ0v) is 17.6. The van der Waals surface area contributed by atoms with Gasteiger partial charge in [0.15, 0.2) is 0 Å². The minimum Gasteiger partial charge on any atom is -0.507 e. The molecular formula is C24H19ClN2O4. The number of benzene rings is 2. The molecule has 156 valence electrons. The molecule has 1 aliphatic rings. The summed E-state index contributed by atoms with van der Waals surface area (Å²) in [6.07, 6.45) is 3.17. The number of nitrogens with zero attached hydrogens (tertiary/aromatic N) is 2. The number of amides is 1. The third kappa shape index (κ3) is 3.66. The number of ketones is 1. The molecule has 1 atom stereocenters. The molecule has 2 heterocycles. The van der Waals surface area contributed by atoms with Crippen LogP contribution in [0.25, 0.3) is 5.76 Å². The van der Waals surface area contributed by atoms with Crippen LogP contribution in [0.5, 0.6) is 5.75 Å². The number of halogens is 1. The first-order valence-corrected chi connectivity index (χ1v) is 9.91. The molecule has 3 aromatic rings. The summed E-state index contributed by atoms with van der Waals surface area (Å²) in [5, 5.41) is 11.5. The molecule has 1 unspecified atom stereocenters. The first-order chi connectivity index (χ1) is 14.9. The Morgan fingerprint density at radius 2 is 1.87 bits per heavy atom. The maximum absolute atomic E-state index is 13.1. The summed E-state index contributed by atoms with van der Waals surface area (Å²) in [6.45, 7) is 1.85. The van der Waals surface area contributed by atoms with Crippen LogP contribution in [-0.4, -0.2) is 28.9 Å². The maximum atomic E-state index is 13.1. The topological polar surface area (TPSA) is 79.7 Å². The SMILES string of the molecule is COc1ccc(/C(O)=C2\C(=O)C(=O)N(c3ccc(C)c(Cl)c3)C2c2cccnc2)cc1. The fourth-order valence-corrected chi connectivity index (χ4v) is 3.76. The smallest absolute Gasteiger partial charge is 0.300 e. The van der Waals surface area contributed by atoms with Crippen LogP contribution in [-0.2, 0) is 9.59 Å². The van der Waals surface area contributed by atoms with E-state index in [0.717, 1.165) is 5.56 Å². The van der Waals surface area contributed by atoms with E-state index in [9.17, 15) is 14.7 Å². The fraction of sp³-hybridized carbons (Fsp3) is 0.125. The number of aliphatic hydroxyl groups excluding tert-OH is 1. The van der Waals surface area contributed by atoms with Gasteiger partial charge in [0.25, 0.3) is 11.7 Å². The van der Waals surface area contributed by atoms with Crippen molar-refractivity contribution < 1.29 is 19.4 Å². The van der Waals surface area contributed by atoms with Gasteiger partial charge in [-0.3, -0.25) is 19.5 Å². The van der Waals surface area contributed by atoms with Crippen molar-refractivity contribution in [2.45, 2.75) is 13.0 Å². The second-order valence-corrected chi connectivity index (χ2v) is 7.52. The summed E-state index contributed by atoms with van der Waals surface area (Å²) in [4.78, 5) is 31.6. The van der Waals surface area contributed by atoms with E-state index < -0.39 is 17.7 Å². The Labute approximate surface area is 184 Å². The number of aromatic nitrogens is 1. The van der Waals surface area contributed by atoms with Crippen molar-refractivity contribution in [3.8, 4) is 5.75 Å². The zero-order valence-electron chi connectivity index (χ0n) is 16.9. The zero-order chi connectivity index (χ0) is 22.1. The maximum Gasteiger partial charge on any atom is 0.300 e. The minimum atomic E-state index is -0.852. The number of anilines is 1. The highest BCUT2D eigenvalue weighted by Crippen LogP contribution is 2.42. The van der Waals surface area contributed by atoms with Gasteiger partial charge < -0.3 is 9.84 Å². The molecule has 1 N–H and O–H groups in total. The first-order valence-electron chi connectivity index (χ1n) is 9.54. The van der Waals surface area contributed by atoms with Gasteiger partial charge in [0.2, 0.25) is 0 Å². The number of hydrogen-bond donors (Lipinski definition) is 1. The van der Waals surface area contributed by atoms with Gasteiger partial charge in [-0.25, -0.2) is 0 Å². The molecule has 1 fully saturated rings. The highest BCUT2D eigenvalue weighted by atomic mass is 35.5. The molecule has 0 spiro atoms. The number of rotatable bonds is 4. The molecule has 1 aromatic heterocycles. The molecule has 6 nitrogen and oxygen atoms in total. The number of pyridine rings is 1.